The lowest BCUT2D eigenvalue weighted by Crippen LogP contribution is -2.34. The zero-order valence-corrected chi connectivity index (χ0v) is 10.8. The van der Waals surface area contributed by atoms with E-state index < -0.39 is 0 Å². The number of rotatable bonds is 7. The van der Waals surface area contributed by atoms with Crippen molar-refractivity contribution in [1.29, 1.82) is 0 Å². The first-order valence-electron chi connectivity index (χ1n) is 6.08. The quantitative estimate of drug-likeness (QED) is 0.755. The third kappa shape index (κ3) is 4.56. The molecule has 1 aromatic heterocycles. The Bertz CT molecular complexity index is 330. The fourth-order valence-electron chi connectivity index (χ4n) is 1.38. The van der Waals surface area contributed by atoms with Gasteiger partial charge in [0, 0.05) is 12.6 Å². The Morgan fingerprint density at radius 1 is 1.41 bits per heavy atom. The van der Waals surface area contributed by atoms with Crippen molar-refractivity contribution in [1.82, 2.24) is 9.97 Å². The second-order valence-corrected chi connectivity index (χ2v) is 4.32. The van der Waals surface area contributed by atoms with Crippen LogP contribution in [-0.4, -0.2) is 29.2 Å². The van der Waals surface area contributed by atoms with Crippen LogP contribution in [0, 0.1) is 5.92 Å². The van der Waals surface area contributed by atoms with Crippen LogP contribution in [0.1, 0.15) is 27.2 Å². The second kappa shape index (κ2) is 7.06. The minimum atomic E-state index is 0.200. The third-order valence-electron chi connectivity index (χ3n) is 2.46. The van der Waals surface area contributed by atoms with Gasteiger partial charge in [0.15, 0.2) is 0 Å². The van der Waals surface area contributed by atoms with Crippen LogP contribution in [0.5, 0.6) is 5.88 Å². The molecule has 0 aromatic carbocycles. The van der Waals surface area contributed by atoms with Crippen LogP contribution in [0.3, 0.4) is 0 Å². The summed E-state index contributed by atoms with van der Waals surface area (Å²) in [6.45, 7) is 7.52. The van der Waals surface area contributed by atoms with Gasteiger partial charge in [0.1, 0.15) is 5.82 Å². The van der Waals surface area contributed by atoms with Crippen molar-refractivity contribution in [3.8, 4) is 5.88 Å². The van der Waals surface area contributed by atoms with E-state index in [4.69, 9.17) is 10.5 Å². The topological polar surface area (TPSA) is 73.1 Å². The van der Waals surface area contributed by atoms with Gasteiger partial charge in [0.25, 0.3) is 0 Å². The van der Waals surface area contributed by atoms with E-state index in [-0.39, 0.29) is 6.04 Å². The number of hydrogen-bond acceptors (Lipinski definition) is 5. The molecule has 0 radical (unpaired) electrons. The highest BCUT2D eigenvalue weighted by Crippen LogP contribution is 2.12. The molecule has 5 nitrogen and oxygen atoms in total. The summed E-state index contributed by atoms with van der Waals surface area (Å²) in [5.41, 5.74) is 5.70. The highest BCUT2D eigenvalue weighted by atomic mass is 16.5. The van der Waals surface area contributed by atoms with Gasteiger partial charge < -0.3 is 15.8 Å². The SMILES string of the molecule is CCCOc1cncc(NC(CN)C(C)C)n1. The molecule has 0 amide bonds. The molecule has 3 N–H and O–H groups in total. The molecule has 0 saturated carbocycles. The number of nitrogens with two attached hydrogens (primary N) is 1. The molecule has 0 fully saturated rings. The summed E-state index contributed by atoms with van der Waals surface area (Å²) in [5, 5.41) is 3.27. The third-order valence-corrected chi connectivity index (χ3v) is 2.46. The Hall–Kier alpha value is -1.36. The van der Waals surface area contributed by atoms with Crippen molar-refractivity contribution in [2.24, 2.45) is 11.7 Å². The molecule has 96 valence electrons. The Kier molecular flexibility index (Phi) is 5.69. The first-order chi connectivity index (χ1) is 8.17. The minimum Gasteiger partial charge on any atom is -0.477 e. The van der Waals surface area contributed by atoms with Crippen molar-refractivity contribution < 1.29 is 4.74 Å². The monoisotopic (exact) mass is 238 g/mol. The van der Waals surface area contributed by atoms with Gasteiger partial charge in [-0.25, -0.2) is 0 Å². The van der Waals surface area contributed by atoms with Crippen molar-refractivity contribution >= 4 is 5.82 Å². The molecule has 1 atom stereocenters. The molecular weight excluding hydrogens is 216 g/mol. The maximum atomic E-state index is 5.70. The number of anilines is 1. The van der Waals surface area contributed by atoms with Crippen LogP contribution in [0.4, 0.5) is 5.82 Å². The van der Waals surface area contributed by atoms with Gasteiger partial charge >= 0.3 is 0 Å². The zero-order valence-electron chi connectivity index (χ0n) is 10.8. The van der Waals surface area contributed by atoms with Crippen molar-refractivity contribution in [3.05, 3.63) is 12.4 Å². The van der Waals surface area contributed by atoms with Crippen molar-refractivity contribution in [3.63, 3.8) is 0 Å². The van der Waals surface area contributed by atoms with Gasteiger partial charge in [-0.1, -0.05) is 20.8 Å². The summed E-state index contributed by atoms with van der Waals surface area (Å²) in [7, 11) is 0. The number of aromatic nitrogens is 2. The Labute approximate surface area is 103 Å². The predicted octanol–water partition coefficient (Wildman–Crippen LogP) is 1.66. The van der Waals surface area contributed by atoms with Crippen LogP contribution in [0.25, 0.3) is 0 Å². The highest BCUT2D eigenvalue weighted by Gasteiger charge is 2.12. The molecular formula is C12H22N4O. The summed E-state index contributed by atoms with van der Waals surface area (Å²) >= 11 is 0. The largest absolute Gasteiger partial charge is 0.477 e. The molecule has 0 aliphatic rings. The molecule has 17 heavy (non-hydrogen) atoms. The molecule has 0 aliphatic heterocycles. The fourth-order valence-corrected chi connectivity index (χ4v) is 1.38. The lowest BCUT2D eigenvalue weighted by molar-refractivity contribution is 0.304. The van der Waals surface area contributed by atoms with E-state index in [1.54, 1.807) is 12.4 Å². The summed E-state index contributed by atoms with van der Waals surface area (Å²) in [4.78, 5) is 8.42. The zero-order chi connectivity index (χ0) is 12.7. The maximum Gasteiger partial charge on any atom is 0.234 e. The van der Waals surface area contributed by atoms with Crippen LogP contribution in [0.2, 0.25) is 0 Å². The summed E-state index contributed by atoms with van der Waals surface area (Å²) in [5.74, 6) is 1.71. The van der Waals surface area contributed by atoms with Crippen LogP contribution in [0.15, 0.2) is 12.4 Å². The van der Waals surface area contributed by atoms with E-state index in [1.165, 1.54) is 0 Å². The molecule has 5 heteroatoms. The molecule has 1 heterocycles. The van der Waals surface area contributed by atoms with Gasteiger partial charge in [-0.3, -0.25) is 4.98 Å². The van der Waals surface area contributed by atoms with Gasteiger partial charge in [-0.2, -0.15) is 4.98 Å². The van der Waals surface area contributed by atoms with Gasteiger partial charge in [0.05, 0.1) is 19.0 Å². The fraction of sp³-hybridized carbons (Fsp3) is 0.667. The van der Waals surface area contributed by atoms with Gasteiger partial charge in [0.2, 0.25) is 5.88 Å². The van der Waals surface area contributed by atoms with E-state index in [1.807, 2.05) is 0 Å². The smallest absolute Gasteiger partial charge is 0.234 e. The number of ether oxygens (including phenoxy) is 1. The summed E-state index contributed by atoms with van der Waals surface area (Å²) in [6, 6.07) is 0.200. The van der Waals surface area contributed by atoms with Crippen LogP contribution >= 0.6 is 0 Å². The molecule has 0 spiro atoms. The Morgan fingerprint density at radius 3 is 2.76 bits per heavy atom. The maximum absolute atomic E-state index is 5.70. The van der Waals surface area contributed by atoms with Crippen LogP contribution < -0.4 is 15.8 Å². The molecule has 1 unspecified atom stereocenters. The average molecular weight is 238 g/mol. The Balaban J connectivity index is 2.64. The lowest BCUT2D eigenvalue weighted by atomic mass is 10.1. The first-order valence-corrected chi connectivity index (χ1v) is 6.08. The molecule has 0 aliphatic carbocycles. The standard InChI is InChI=1S/C12H22N4O/c1-4-5-17-12-8-14-7-11(16-12)15-10(6-13)9(2)3/h7-10H,4-6,13H2,1-3H3,(H,15,16). The second-order valence-electron chi connectivity index (χ2n) is 4.32. The minimum absolute atomic E-state index is 0.200. The van der Waals surface area contributed by atoms with E-state index in [0.29, 0.717) is 30.8 Å². The Morgan fingerprint density at radius 2 is 2.18 bits per heavy atom. The van der Waals surface area contributed by atoms with Crippen molar-refractivity contribution in [2.75, 3.05) is 18.5 Å². The lowest BCUT2D eigenvalue weighted by Gasteiger charge is -2.20. The van der Waals surface area contributed by atoms with Gasteiger partial charge in [-0.15, -0.1) is 0 Å². The molecule has 1 aromatic rings. The number of hydrogen-bond donors (Lipinski definition) is 2. The summed E-state index contributed by atoms with van der Waals surface area (Å²) in [6.07, 6.45) is 4.26. The molecule has 0 bridgehead atoms. The number of nitrogens with one attached hydrogen (secondary N) is 1. The highest BCUT2D eigenvalue weighted by molar-refractivity contribution is 5.34. The van der Waals surface area contributed by atoms with E-state index >= 15 is 0 Å². The molecule has 0 saturated heterocycles. The first kappa shape index (κ1) is 13.7. The van der Waals surface area contributed by atoms with E-state index in [9.17, 15) is 0 Å². The van der Waals surface area contributed by atoms with Crippen LogP contribution in [-0.2, 0) is 0 Å². The average Bonchev–Trinajstić information content (AvgIpc) is 2.33. The van der Waals surface area contributed by atoms with E-state index in [0.717, 1.165) is 6.42 Å². The number of nitrogens with zero attached hydrogens (tertiary/aromatic N) is 2. The van der Waals surface area contributed by atoms with Crippen molar-refractivity contribution in [2.45, 2.75) is 33.2 Å². The van der Waals surface area contributed by atoms with Gasteiger partial charge in [-0.05, 0) is 12.3 Å². The predicted molar refractivity (Wildman–Crippen MR) is 69.1 cm³/mol. The van der Waals surface area contributed by atoms with E-state index in [2.05, 4.69) is 36.1 Å². The molecule has 1 rings (SSSR count). The normalized spacial score (nSPS) is 12.5. The summed E-state index contributed by atoms with van der Waals surface area (Å²) < 4.78 is 5.43.